The van der Waals surface area contributed by atoms with Gasteiger partial charge in [-0.15, -0.1) is 0 Å². The summed E-state index contributed by atoms with van der Waals surface area (Å²) in [6.45, 7) is 0.995. The second-order valence-corrected chi connectivity index (χ2v) is 7.05. The van der Waals surface area contributed by atoms with Crippen LogP contribution in [0.2, 0.25) is 0 Å². The van der Waals surface area contributed by atoms with Gasteiger partial charge in [0.15, 0.2) is 0 Å². The molecule has 0 aliphatic carbocycles. The molecule has 7 heteroatoms. The molecule has 0 radical (unpaired) electrons. The van der Waals surface area contributed by atoms with Gasteiger partial charge in [0.05, 0.1) is 11.1 Å². The van der Waals surface area contributed by atoms with E-state index in [1.165, 1.54) is 0 Å². The summed E-state index contributed by atoms with van der Waals surface area (Å²) >= 11 is 0. The van der Waals surface area contributed by atoms with Gasteiger partial charge in [-0.1, -0.05) is 25.0 Å². The molecule has 2 N–H and O–H groups in total. The van der Waals surface area contributed by atoms with Crippen LogP contribution >= 0.6 is 0 Å². The minimum atomic E-state index is -0.913. The lowest BCUT2D eigenvalue weighted by molar-refractivity contribution is -0.136. The van der Waals surface area contributed by atoms with Crippen LogP contribution in [-0.4, -0.2) is 48.2 Å². The Hall–Kier alpha value is -2.54. The summed E-state index contributed by atoms with van der Waals surface area (Å²) in [6.07, 6.45) is 5.27. The van der Waals surface area contributed by atoms with Crippen LogP contribution in [0, 0.1) is 0 Å². The predicted molar refractivity (Wildman–Crippen MR) is 99.2 cm³/mol. The topological polar surface area (TPSA) is 95.6 Å². The molecule has 2 aliphatic heterocycles. The minimum Gasteiger partial charge on any atom is -0.320 e. The maximum atomic E-state index is 13.0. The molecule has 1 aromatic rings. The summed E-state index contributed by atoms with van der Waals surface area (Å²) in [5, 5.41) is 5.34. The van der Waals surface area contributed by atoms with E-state index in [1.807, 2.05) is 13.1 Å². The van der Waals surface area contributed by atoms with Crippen LogP contribution in [0.25, 0.3) is 0 Å². The van der Waals surface area contributed by atoms with Crippen molar-refractivity contribution in [3.8, 4) is 0 Å². The lowest BCUT2D eigenvalue weighted by Crippen LogP contribution is -2.54. The zero-order chi connectivity index (χ0) is 19.4. The van der Waals surface area contributed by atoms with Crippen molar-refractivity contribution in [2.24, 2.45) is 0 Å². The molecule has 0 spiro atoms. The van der Waals surface area contributed by atoms with Crippen LogP contribution in [0.15, 0.2) is 18.2 Å². The van der Waals surface area contributed by atoms with Crippen molar-refractivity contribution in [3.63, 3.8) is 0 Å². The summed E-state index contributed by atoms with van der Waals surface area (Å²) in [5.74, 6) is -1.81. The van der Waals surface area contributed by atoms with Gasteiger partial charge in [0, 0.05) is 6.42 Å². The fourth-order valence-corrected chi connectivity index (χ4v) is 3.76. The van der Waals surface area contributed by atoms with Crippen molar-refractivity contribution in [1.82, 2.24) is 15.5 Å². The predicted octanol–water partition coefficient (Wildman–Crippen LogP) is 1.41. The number of nitrogens with zero attached hydrogens (tertiary/aromatic N) is 1. The fourth-order valence-electron chi connectivity index (χ4n) is 3.76. The first-order chi connectivity index (χ1) is 13.0. The normalized spacial score (nSPS) is 19.4. The van der Waals surface area contributed by atoms with E-state index in [1.54, 1.807) is 12.1 Å². The van der Waals surface area contributed by atoms with E-state index in [2.05, 4.69) is 10.6 Å². The number of hydrogen-bond acceptors (Lipinski definition) is 5. The molecule has 1 fully saturated rings. The highest BCUT2D eigenvalue weighted by Gasteiger charge is 2.45. The Bertz CT molecular complexity index is 774. The first-order valence-corrected chi connectivity index (χ1v) is 9.52. The number of fused-ring (bicyclic) bond motifs is 1. The fraction of sp³-hybridized carbons (Fsp3) is 0.500. The average molecular weight is 371 g/mol. The second kappa shape index (κ2) is 8.43. The summed E-state index contributed by atoms with van der Waals surface area (Å²) in [5.41, 5.74) is 1.63. The molecule has 7 nitrogen and oxygen atoms in total. The number of carbonyl (C=O) groups excluding carboxylic acids is 4. The van der Waals surface area contributed by atoms with Crippen LogP contribution in [0.1, 0.15) is 64.8 Å². The lowest BCUT2D eigenvalue weighted by Gasteiger charge is -2.27. The van der Waals surface area contributed by atoms with Crippen LogP contribution in [-0.2, 0) is 16.0 Å². The maximum absolute atomic E-state index is 13.0. The number of piperidine rings is 1. The molecule has 2 heterocycles. The molecule has 4 amide bonds. The zero-order valence-electron chi connectivity index (χ0n) is 15.5. The Kier molecular flexibility index (Phi) is 6.01. The van der Waals surface area contributed by atoms with Gasteiger partial charge < -0.3 is 5.32 Å². The molecule has 27 heavy (non-hydrogen) atoms. The van der Waals surface area contributed by atoms with Crippen molar-refractivity contribution >= 4 is 23.6 Å². The number of rotatable bonds is 8. The van der Waals surface area contributed by atoms with Gasteiger partial charge >= 0.3 is 0 Å². The third-order valence-corrected chi connectivity index (χ3v) is 5.18. The highest BCUT2D eigenvalue weighted by Crippen LogP contribution is 2.30. The lowest BCUT2D eigenvalue weighted by atomic mass is 9.97. The van der Waals surface area contributed by atoms with Crippen LogP contribution in [0.4, 0.5) is 0 Å². The summed E-state index contributed by atoms with van der Waals surface area (Å²) < 4.78 is 0. The molecular formula is C20H25N3O4. The smallest absolute Gasteiger partial charge is 0.262 e. The summed E-state index contributed by atoms with van der Waals surface area (Å²) in [6, 6.07) is 4.39. The zero-order valence-corrected chi connectivity index (χ0v) is 15.5. The van der Waals surface area contributed by atoms with Crippen LogP contribution < -0.4 is 10.6 Å². The number of carbonyl (C=O) groups is 4. The molecule has 3 rings (SSSR count). The van der Waals surface area contributed by atoms with Gasteiger partial charge in [-0.25, -0.2) is 0 Å². The standard InChI is InChI=1S/C20H25N3O4/c1-21-12-5-3-2-4-7-13-8-6-9-14-17(13)20(27)23(19(14)26)15-10-11-16(24)22-18(15)25/h6,8-9,15,21H,2-5,7,10-12H2,1H3,(H,22,24,25). The van der Waals surface area contributed by atoms with Gasteiger partial charge in [0.25, 0.3) is 11.8 Å². The molecule has 1 saturated heterocycles. The Balaban J connectivity index is 1.72. The second-order valence-electron chi connectivity index (χ2n) is 7.05. The van der Waals surface area contributed by atoms with E-state index in [9.17, 15) is 19.2 Å². The number of hydrogen-bond donors (Lipinski definition) is 2. The third kappa shape index (κ3) is 3.93. The molecule has 0 aromatic heterocycles. The highest BCUT2D eigenvalue weighted by atomic mass is 16.2. The van der Waals surface area contributed by atoms with Crippen molar-refractivity contribution < 1.29 is 19.2 Å². The van der Waals surface area contributed by atoms with Crippen molar-refractivity contribution in [2.45, 2.75) is 51.0 Å². The Labute approximate surface area is 158 Å². The molecule has 0 bridgehead atoms. The molecular weight excluding hydrogens is 346 g/mol. The largest absolute Gasteiger partial charge is 0.320 e. The van der Waals surface area contributed by atoms with Crippen molar-refractivity contribution in [3.05, 3.63) is 34.9 Å². The van der Waals surface area contributed by atoms with E-state index >= 15 is 0 Å². The first-order valence-electron chi connectivity index (χ1n) is 9.52. The van der Waals surface area contributed by atoms with Crippen LogP contribution in [0.3, 0.4) is 0 Å². The first kappa shape index (κ1) is 19.2. The van der Waals surface area contributed by atoms with Crippen LogP contribution in [0.5, 0.6) is 0 Å². The maximum Gasteiger partial charge on any atom is 0.262 e. The third-order valence-electron chi connectivity index (χ3n) is 5.18. The van der Waals surface area contributed by atoms with E-state index in [0.29, 0.717) is 11.1 Å². The van der Waals surface area contributed by atoms with Gasteiger partial charge in [-0.2, -0.15) is 0 Å². The highest BCUT2D eigenvalue weighted by molar-refractivity contribution is 6.24. The van der Waals surface area contributed by atoms with Gasteiger partial charge in [0.1, 0.15) is 6.04 Å². The van der Waals surface area contributed by atoms with Gasteiger partial charge in [-0.05, 0) is 50.9 Å². The number of imide groups is 2. The Morgan fingerprint density at radius 1 is 1.07 bits per heavy atom. The molecule has 1 unspecified atom stereocenters. The molecule has 144 valence electrons. The molecule has 0 saturated carbocycles. The SMILES string of the molecule is CNCCCCCCc1cccc2c1C(=O)N(C1CCC(=O)NC1=O)C2=O. The summed E-state index contributed by atoms with van der Waals surface area (Å²) in [4.78, 5) is 50.2. The van der Waals surface area contributed by atoms with E-state index in [0.717, 1.165) is 49.1 Å². The quantitative estimate of drug-likeness (QED) is 0.532. The van der Waals surface area contributed by atoms with Crippen molar-refractivity contribution in [2.75, 3.05) is 13.6 Å². The van der Waals surface area contributed by atoms with Crippen molar-refractivity contribution in [1.29, 1.82) is 0 Å². The van der Waals surface area contributed by atoms with E-state index in [4.69, 9.17) is 0 Å². The Morgan fingerprint density at radius 2 is 1.85 bits per heavy atom. The van der Waals surface area contributed by atoms with Gasteiger partial charge in [-0.3, -0.25) is 29.4 Å². The van der Waals surface area contributed by atoms with E-state index < -0.39 is 23.8 Å². The summed E-state index contributed by atoms with van der Waals surface area (Å²) in [7, 11) is 1.93. The van der Waals surface area contributed by atoms with Gasteiger partial charge in [0.2, 0.25) is 11.8 Å². The molecule has 2 aliphatic rings. The van der Waals surface area contributed by atoms with E-state index in [-0.39, 0.29) is 18.7 Å². The molecule has 1 atom stereocenters. The minimum absolute atomic E-state index is 0.128. The number of benzene rings is 1. The average Bonchev–Trinajstić information content (AvgIpc) is 2.90. The number of unbranched alkanes of at least 4 members (excludes halogenated alkanes) is 3. The number of amides is 4. The Morgan fingerprint density at radius 3 is 2.59 bits per heavy atom. The monoisotopic (exact) mass is 371 g/mol. The molecule has 1 aromatic carbocycles. The number of nitrogens with one attached hydrogen (secondary N) is 2. The number of aryl methyl sites for hydroxylation is 1.